The molecule has 2 aromatic carbocycles. The summed E-state index contributed by atoms with van der Waals surface area (Å²) in [5, 5.41) is 3.44. The average Bonchev–Trinajstić information content (AvgIpc) is 3.06. The van der Waals surface area contributed by atoms with Crippen molar-refractivity contribution in [2.45, 2.75) is 19.8 Å². The lowest BCUT2D eigenvalue weighted by molar-refractivity contribution is 0.922. The lowest BCUT2D eigenvalue weighted by Crippen LogP contribution is -2.18. The van der Waals surface area contributed by atoms with E-state index in [0.717, 1.165) is 43.4 Å². The Labute approximate surface area is 148 Å². The van der Waals surface area contributed by atoms with Crippen LogP contribution in [0, 0.1) is 6.92 Å². The highest BCUT2D eigenvalue weighted by Gasteiger charge is 2.22. The molecule has 0 spiro atoms. The first-order valence-corrected chi connectivity index (χ1v) is 8.78. The maximum atomic E-state index is 4.75. The second kappa shape index (κ2) is 6.93. The maximum absolute atomic E-state index is 4.75. The minimum absolute atomic E-state index is 0.784. The summed E-state index contributed by atoms with van der Waals surface area (Å²) < 4.78 is 0. The molecule has 126 valence electrons. The van der Waals surface area contributed by atoms with Crippen LogP contribution in [0.4, 0.5) is 17.5 Å². The second-order valence-electron chi connectivity index (χ2n) is 6.39. The summed E-state index contributed by atoms with van der Waals surface area (Å²) in [4.78, 5) is 11.6. The van der Waals surface area contributed by atoms with Crippen LogP contribution >= 0.6 is 0 Å². The number of nitrogens with one attached hydrogen (secondary N) is 1. The van der Waals surface area contributed by atoms with Crippen LogP contribution in [0.5, 0.6) is 0 Å². The van der Waals surface area contributed by atoms with Crippen LogP contribution < -0.4 is 10.2 Å². The smallest absolute Gasteiger partial charge is 0.232 e. The van der Waals surface area contributed by atoms with Gasteiger partial charge in [0.2, 0.25) is 5.95 Å². The van der Waals surface area contributed by atoms with Gasteiger partial charge in [0.15, 0.2) is 0 Å². The number of aromatic nitrogens is 2. The van der Waals surface area contributed by atoms with Crippen LogP contribution in [0.25, 0.3) is 0 Å². The van der Waals surface area contributed by atoms with E-state index >= 15 is 0 Å². The highest BCUT2D eigenvalue weighted by atomic mass is 15.3. The maximum Gasteiger partial charge on any atom is 0.232 e. The van der Waals surface area contributed by atoms with Crippen molar-refractivity contribution in [2.24, 2.45) is 0 Å². The van der Waals surface area contributed by atoms with Crippen LogP contribution in [-0.4, -0.2) is 23.1 Å². The van der Waals surface area contributed by atoms with Crippen molar-refractivity contribution in [3.63, 3.8) is 0 Å². The number of rotatable bonds is 5. The van der Waals surface area contributed by atoms with Crippen LogP contribution in [0.3, 0.4) is 0 Å². The van der Waals surface area contributed by atoms with Gasteiger partial charge in [-0.05, 0) is 37.0 Å². The van der Waals surface area contributed by atoms with E-state index in [2.05, 4.69) is 63.7 Å². The summed E-state index contributed by atoms with van der Waals surface area (Å²) in [6, 6.07) is 21.0. The van der Waals surface area contributed by atoms with Crippen LogP contribution in [0.1, 0.15) is 16.8 Å². The molecule has 4 rings (SSSR count). The normalized spacial score (nSPS) is 12.9. The molecule has 0 fully saturated rings. The summed E-state index contributed by atoms with van der Waals surface area (Å²) in [6.07, 6.45) is 2.02. The van der Waals surface area contributed by atoms with Gasteiger partial charge in [0.05, 0.1) is 0 Å². The zero-order chi connectivity index (χ0) is 17.1. The number of aryl methyl sites for hydroxylation is 1. The average molecular weight is 330 g/mol. The van der Waals surface area contributed by atoms with Crippen molar-refractivity contribution in [1.82, 2.24) is 9.97 Å². The Balaban J connectivity index is 1.50. The number of nitrogens with zero attached hydrogens (tertiary/aromatic N) is 3. The predicted molar refractivity (Wildman–Crippen MR) is 103 cm³/mol. The van der Waals surface area contributed by atoms with E-state index in [9.17, 15) is 0 Å². The summed E-state index contributed by atoms with van der Waals surface area (Å²) in [5.41, 5.74) is 4.90. The number of hydrogen-bond acceptors (Lipinski definition) is 4. The molecule has 0 amide bonds. The van der Waals surface area contributed by atoms with E-state index in [0.29, 0.717) is 0 Å². The Kier molecular flexibility index (Phi) is 4.34. The summed E-state index contributed by atoms with van der Waals surface area (Å²) in [7, 11) is 0. The molecule has 25 heavy (non-hydrogen) atoms. The zero-order valence-corrected chi connectivity index (χ0v) is 14.4. The van der Waals surface area contributed by atoms with Crippen LogP contribution in [0.15, 0.2) is 60.7 Å². The Bertz CT molecular complexity index is 861. The van der Waals surface area contributed by atoms with Crippen LogP contribution in [-0.2, 0) is 12.8 Å². The second-order valence-corrected chi connectivity index (χ2v) is 6.39. The van der Waals surface area contributed by atoms with Gasteiger partial charge in [-0.2, -0.15) is 4.98 Å². The molecular formula is C21H22N4. The lowest BCUT2D eigenvalue weighted by atomic mass is 10.1. The Morgan fingerprint density at radius 3 is 2.68 bits per heavy atom. The first kappa shape index (κ1) is 15.6. The van der Waals surface area contributed by atoms with Crippen molar-refractivity contribution in [1.29, 1.82) is 0 Å². The minimum atomic E-state index is 0.784. The van der Waals surface area contributed by atoms with Gasteiger partial charge in [0.25, 0.3) is 0 Å². The standard InChI is InChI=1S/C21H22N4/c1-16-15-20(22-13-11-17-7-3-2-4-8-17)24-21(23-16)25-14-12-18-9-5-6-10-19(18)25/h2-10,15H,11-14H2,1H3,(H,22,23,24). The van der Waals surface area contributed by atoms with Crippen molar-refractivity contribution in [2.75, 3.05) is 23.3 Å². The molecule has 0 saturated carbocycles. The zero-order valence-electron chi connectivity index (χ0n) is 14.4. The van der Waals surface area contributed by atoms with Gasteiger partial charge in [0, 0.05) is 30.5 Å². The van der Waals surface area contributed by atoms with E-state index in [4.69, 9.17) is 4.98 Å². The first-order valence-electron chi connectivity index (χ1n) is 8.78. The molecule has 1 N–H and O–H groups in total. The summed E-state index contributed by atoms with van der Waals surface area (Å²) >= 11 is 0. The molecule has 0 atom stereocenters. The van der Waals surface area contributed by atoms with Crippen molar-refractivity contribution in [3.8, 4) is 0 Å². The Morgan fingerprint density at radius 1 is 1.00 bits per heavy atom. The van der Waals surface area contributed by atoms with Gasteiger partial charge < -0.3 is 10.2 Å². The Morgan fingerprint density at radius 2 is 1.80 bits per heavy atom. The molecule has 0 aliphatic carbocycles. The largest absolute Gasteiger partial charge is 0.370 e. The molecule has 4 heteroatoms. The van der Waals surface area contributed by atoms with Gasteiger partial charge in [0.1, 0.15) is 5.82 Å². The van der Waals surface area contributed by atoms with Crippen molar-refractivity contribution >= 4 is 17.5 Å². The molecule has 0 bridgehead atoms. The van der Waals surface area contributed by atoms with E-state index in [1.54, 1.807) is 0 Å². The number of anilines is 3. The Hall–Kier alpha value is -2.88. The fourth-order valence-electron chi connectivity index (χ4n) is 3.29. The van der Waals surface area contributed by atoms with Gasteiger partial charge in [-0.1, -0.05) is 48.5 Å². The third-order valence-corrected chi connectivity index (χ3v) is 4.53. The molecular weight excluding hydrogens is 308 g/mol. The molecule has 3 aromatic rings. The van der Waals surface area contributed by atoms with Crippen molar-refractivity contribution in [3.05, 3.63) is 77.5 Å². The molecule has 4 nitrogen and oxygen atoms in total. The number of benzene rings is 2. The summed E-state index contributed by atoms with van der Waals surface area (Å²) in [5.74, 6) is 1.68. The highest BCUT2D eigenvalue weighted by molar-refractivity contribution is 5.66. The van der Waals surface area contributed by atoms with E-state index in [1.807, 2.05) is 19.1 Å². The van der Waals surface area contributed by atoms with Gasteiger partial charge in [-0.15, -0.1) is 0 Å². The molecule has 0 saturated heterocycles. The van der Waals surface area contributed by atoms with Gasteiger partial charge in [-0.25, -0.2) is 4.98 Å². The third-order valence-electron chi connectivity index (χ3n) is 4.53. The number of hydrogen-bond donors (Lipinski definition) is 1. The lowest BCUT2D eigenvalue weighted by Gasteiger charge is -2.18. The fourth-order valence-corrected chi connectivity index (χ4v) is 3.29. The molecule has 0 radical (unpaired) electrons. The first-order chi connectivity index (χ1) is 12.3. The van der Waals surface area contributed by atoms with Crippen LogP contribution in [0.2, 0.25) is 0 Å². The fraction of sp³-hybridized carbons (Fsp3) is 0.238. The van der Waals surface area contributed by atoms with Gasteiger partial charge in [-0.3, -0.25) is 0 Å². The predicted octanol–water partition coefficient (Wildman–Crippen LogP) is 4.13. The van der Waals surface area contributed by atoms with E-state index < -0.39 is 0 Å². The van der Waals surface area contributed by atoms with E-state index in [1.165, 1.54) is 16.8 Å². The molecule has 1 aromatic heterocycles. The quantitative estimate of drug-likeness (QED) is 0.763. The monoisotopic (exact) mass is 330 g/mol. The molecule has 2 heterocycles. The molecule has 0 unspecified atom stereocenters. The number of fused-ring (bicyclic) bond motifs is 1. The number of para-hydroxylation sites is 1. The molecule has 1 aliphatic rings. The highest BCUT2D eigenvalue weighted by Crippen LogP contribution is 2.32. The third kappa shape index (κ3) is 3.48. The molecule has 1 aliphatic heterocycles. The van der Waals surface area contributed by atoms with Gasteiger partial charge >= 0.3 is 0 Å². The summed E-state index contributed by atoms with van der Waals surface area (Å²) in [6.45, 7) is 3.82. The van der Waals surface area contributed by atoms with Crippen molar-refractivity contribution < 1.29 is 0 Å². The SMILES string of the molecule is Cc1cc(NCCc2ccccc2)nc(N2CCc3ccccc32)n1. The van der Waals surface area contributed by atoms with E-state index in [-0.39, 0.29) is 0 Å². The topological polar surface area (TPSA) is 41.1 Å². The minimum Gasteiger partial charge on any atom is -0.370 e.